The molecule has 0 aliphatic heterocycles. The van der Waals surface area contributed by atoms with Gasteiger partial charge in [0.25, 0.3) is 0 Å². The van der Waals surface area contributed by atoms with Crippen LogP contribution in [0.1, 0.15) is 21.6 Å². The van der Waals surface area contributed by atoms with E-state index in [-0.39, 0.29) is 5.97 Å². The van der Waals surface area contributed by atoms with E-state index >= 15 is 0 Å². The van der Waals surface area contributed by atoms with Gasteiger partial charge in [0.05, 0.1) is 12.7 Å². The largest absolute Gasteiger partial charge is 0.465 e. The van der Waals surface area contributed by atoms with Crippen LogP contribution in [0.2, 0.25) is 0 Å². The number of methoxy groups -OCH3 is 1. The maximum Gasteiger partial charge on any atom is 0.339 e. The average Bonchev–Trinajstić information content (AvgIpc) is 2.93. The number of esters is 1. The number of hydrogen-bond acceptors (Lipinski definition) is 2. The summed E-state index contributed by atoms with van der Waals surface area (Å²) in [5, 5.41) is 0. The minimum atomic E-state index is -0.300. The van der Waals surface area contributed by atoms with Gasteiger partial charge in [-0.15, -0.1) is 0 Å². The van der Waals surface area contributed by atoms with Crippen molar-refractivity contribution in [3.05, 3.63) is 83.6 Å². The number of rotatable bonds is 4. The van der Waals surface area contributed by atoms with Crippen molar-refractivity contribution in [1.82, 2.24) is 4.57 Å². The van der Waals surface area contributed by atoms with Crippen molar-refractivity contribution in [2.24, 2.45) is 0 Å². The molecule has 0 radical (unpaired) electrons. The summed E-state index contributed by atoms with van der Waals surface area (Å²) in [7, 11) is 1.42. The summed E-state index contributed by atoms with van der Waals surface area (Å²) in [4.78, 5) is 12.0. The van der Waals surface area contributed by atoms with Crippen LogP contribution in [0.25, 0.3) is 11.3 Å². The smallest absolute Gasteiger partial charge is 0.339 e. The second-order valence-corrected chi connectivity index (χ2v) is 5.46. The van der Waals surface area contributed by atoms with Gasteiger partial charge in [0.15, 0.2) is 0 Å². The first-order valence-electron chi connectivity index (χ1n) is 7.58. The molecule has 3 rings (SSSR count). The van der Waals surface area contributed by atoms with Gasteiger partial charge >= 0.3 is 5.97 Å². The Balaban J connectivity index is 2.12. The molecule has 3 nitrogen and oxygen atoms in total. The molecule has 23 heavy (non-hydrogen) atoms. The van der Waals surface area contributed by atoms with E-state index in [9.17, 15) is 4.79 Å². The number of carbonyl (C=O) groups is 1. The van der Waals surface area contributed by atoms with Crippen molar-refractivity contribution in [2.45, 2.75) is 13.5 Å². The predicted octanol–water partition coefficient (Wildman–Crippen LogP) is 4.30. The van der Waals surface area contributed by atoms with Crippen LogP contribution >= 0.6 is 0 Å². The van der Waals surface area contributed by atoms with Gasteiger partial charge < -0.3 is 9.30 Å². The van der Waals surface area contributed by atoms with Gasteiger partial charge in [-0.2, -0.15) is 0 Å². The second-order valence-electron chi connectivity index (χ2n) is 5.46. The molecule has 0 atom stereocenters. The highest BCUT2D eigenvalue weighted by atomic mass is 16.5. The minimum absolute atomic E-state index is 0.300. The quantitative estimate of drug-likeness (QED) is 0.673. The topological polar surface area (TPSA) is 31.2 Å². The zero-order chi connectivity index (χ0) is 16.2. The van der Waals surface area contributed by atoms with Crippen molar-refractivity contribution in [3.63, 3.8) is 0 Å². The lowest BCUT2D eigenvalue weighted by Gasteiger charge is -2.12. The highest BCUT2D eigenvalue weighted by Gasteiger charge is 2.18. The molecule has 3 heteroatoms. The summed E-state index contributed by atoms with van der Waals surface area (Å²) in [6.45, 7) is 2.68. The first-order valence-corrected chi connectivity index (χ1v) is 7.58. The number of hydrogen-bond donors (Lipinski definition) is 0. The zero-order valence-electron chi connectivity index (χ0n) is 13.3. The molecule has 2 aromatic carbocycles. The molecule has 0 N–H and O–H groups in total. The predicted molar refractivity (Wildman–Crippen MR) is 91.5 cm³/mol. The summed E-state index contributed by atoms with van der Waals surface area (Å²) < 4.78 is 7.08. The van der Waals surface area contributed by atoms with Crippen LogP contribution in [-0.2, 0) is 11.3 Å². The molecule has 3 aromatic rings. The number of aromatic nitrogens is 1. The number of carbonyl (C=O) groups excluding carboxylic acids is 1. The average molecular weight is 305 g/mol. The summed E-state index contributed by atoms with van der Waals surface area (Å²) in [6.07, 6.45) is 0. The van der Waals surface area contributed by atoms with Crippen molar-refractivity contribution in [2.75, 3.05) is 7.11 Å². The van der Waals surface area contributed by atoms with Crippen LogP contribution in [0.4, 0.5) is 0 Å². The van der Waals surface area contributed by atoms with Gasteiger partial charge in [0.2, 0.25) is 0 Å². The maximum atomic E-state index is 12.0. The normalized spacial score (nSPS) is 10.5. The van der Waals surface area contributed by atoms with Crippen molar-refractivity contribution >= 4 is 5.97 Å². The minimum Gasteiger partial charge on any atom is -0.465 e. The third-order valence-electron chi connectivity index (χ3n) is 4.02. The third kappa shape index (κ3) is 3.04. The van der Waals surface area contributed by atoms with Gasteiger partial charge in [0.1, 0.15) is 0 Å². The molecule has 0 aliphatic carbocycles. The fourth-order valence-corrected chi connectivity index (χ4v) is 2.78. The van der Waals surface area contributed by atoms with Crippen LogP contribution in [-0.4, -0.2) is 17.6 Å². The Labute approximate surface area is 136 Å². The Kier molecular flexibility index (Phi) is 4.29. The Hall–Kier alpha value is -2.81. The first-order chi connectivity index (χ1) is 11.2. The monoisotopic (exact) mass is 305 g/mol. The lowest BCUT2D eigenvalue weighted by molar-refractivity contribution is 0.0600. The summed E-state index contributed by atoms with van der Waals surface area (Å²) in [5.74, 6) is -0.300. The molecule has 0 aliphatic rings. The van der Waals surface area contributed by atoms with E-state index in [0.29, 0.717) is 12.1 Å². The molecule has 116 valence electrons. The molecular formula is C20H19NO2. The summed E-state index contributed by atoms with van der Waals surface area (Å²) in [6, 6.07) is 22.2. The second kappa shape index (κ2) is 6.53. The van der Waals surface area contributed by atoms with E-state index in [2.05, 4.69) is 28.8 Å². The highest BCUT2D eigenvalue weighted by molar-refractivity contribution is 5.92. The van der Waals surface area contributed by atoms with Gasteiger partial charge in [-0.3, -0.25) is 0 Å². The van der Waals surface area contributed by atoms with Crippen LogP contribution in [0.5, 0.6) is 0 Å². The molecular weight excluding hydrogens is 286 g/mol. The van der Waals surface area contributed by atoms with E-state index < -0.39 is 0 Å². The van der Waals surface area contributed by atoms with Crippen molar-refractivity contribution in [3.8, 4) is 11.3 Å². The molecule has 0 saturated heterocycles. The maximum absolute atomic E-state index is 12.0. The fourth-order valence-electron chi connectivity index (χ4n) is 2.78. The molecule has 0 spiro atoms. The molecule has 1 heterocycles. The third-order valence-corrected chi connectivity index (χ3v) is 4.02. The first kappa shape index (κ1) is 15.1. The van der Waals surface area contributed by atoms with Gasteiger partial charge in [-0.25, -0.2) is 4.79 Å². The number of ether oxygens (including phenoxy) is 1. The van der Waals surface area contributed by atoms with Crippen LogP contribution in [0.15, 0.2) is 66.7 Å². The Morgan fingerprint density at radius 1 is 1.00 bits per heavy atom. The van der Waals surface area contributed by atoms with Gasteiger partial charge in [0, 0.05) is 17.9 Å². The molecule has 1 aromatic heterocycles. The van der Waals surface area contributed by atoms with Gasteiger partial charge in [-0.1, -0.05) is 60.7 Å². The number of nitrogens with zero attached hydrogens (tertiary/aromatic N) is 1. The van der Waals surface area contributed by atoms with E-state index in [1.807, 2.05) is 49.4 Å². The molecule has 0 unspecified atom stereocenters. The fraction of sp³-hybridized carbons (Fsp3) is 0.150. The molecule has 0 saturated carbocycles. The summed E-state index contributed by atoms with van der Waals surface area (Å²) in [5.41, 5.74) is 4.83. The van der Waals surface area contributed by atoms with E-state index in [1.54, 1.807) is 0 Å². The summed E-state index contributed by atoms with van der Waals surface area (Å²) >= 11 is 0. The SMILES string of the molecule is COC(=O)c1cc(-c2ccccc2)n(Cc2ccccc2)c1C. The Morgan fingerprint density at radius 2 is 1.61 bits per heavy atom. The zero-order valence-corrected chi connectivity index (χ0v) is 13.3. The van der Waals surface area contributed by atoms with E-state index in [4.69, 9.17) is 4.74 Å². The molecule has 0 fully saturated rings. The Morgan fingerprint density at radius 3 is 2.22 bits per heavy atom. The highest BCUT2D eigenvalue weighted by Crippen LogP contribution is 2.27. The number of benzene rings is 2. The van der Waals surface area contributed by atoms with E-state index in [0.717, 1.165) is 17.0 Å². The lowest BCUT2D eigenvalue weighted by atomic mass is 10.1. The standard InChI is InChI=1S/C20H19NO2/c1-15-18(20(22)23-2)13-19(17-11-7-4-8-12-17)21(15)14-16-9-5-3-6-10-16/h3-13H,14H2,1-2H3. The van der Waals surface area contributed by atoms with Crippen LogP contribution in [0.3, 0.4) is 0 Å². The van der Waals surface area contributed by atoms with Gasteiger partial charge in [-0.05, 0) is 24.1 Å². The van der Waals surface area contributed by atoms with Crippen molar-refractivity contribution < 1.29 is 9.53 Å². The van der Waals surface area contributed by atoms with E-state index in [1.165, 1.54) is 12.7 Å². The van der Waals surface area contributed by atoms with Crippen LogP contribution in [0, 0.1) is 6.92 Å². The lowest BCUT2D eigenvalue weighted by Crippen LogP contribution is -2.07. The van der Waals surface area contributed by atoms with Crippen LogP contribution < -0.4 is 0 Å². The Bertz CT molecular complexity index is 804. The molecule has 0 bridgehead atoms. The molecule has 0 amide bonds. The van der Waals surface area contributed by atoms with Crippen molar-refractivity contribution in [1.29, 1.82) is 0 Å².